The number of nitrogens with zero attached hydrogens (tertiary/aromatic N) is 5. The van der Waals surface area contributed by atoms with Crippen molar-refractivity contribution in [3.63, 3.8) is 0 Å². The van der Waals surface area contributed by atoms with E-state index in [1.54, 1.807) is 4.68 Å². The van der Waals surface area contributed by atoms with E-state index in [4.69, 9.17) is 4.74 Å². The van der Waals surface area contributed by atoms with E-state index in [2.05, 4.69) is 41.0 Å². The Kier molecular flexibility index (Phi) is 5.40. The minimum absolute atomic E-state index is 0.288. The minimum Gasteiger partial charge on any atom is -0.473 e. The molecule has 2 aromatic heterocycles. The smallest absolute Gasteiger partial charge is 0.233 e. The van der Waals surface area contributed by atoms with Gasteiger partial charge in [0.15, 0.2) is 0 Å². The molecule has 1 saturated carbocycles. The number of hydrogen-bond acceptors (Lipinski definition) is 5. The van der Waals surface area contributed by atoms with Crippen LogP contribution in [0, 0.1) is 17.8 Å². The Morgan fingerprint density at radius 1 is 1.14 bits per heavy atom. The van der Waals surface area contributed by atoms with Crippen molar-refractivity contribution < 1.29 is 4.74 Å². The zero-order valence-corrected chi connectivity index (χ0v) is 18.6. The van der Waals surface area contributed by atoms with Crippen LogP contribution in [0.25, 0.3) is 11.3 Å². The third-order valence-corrected chi connectivity index (χ3v) is 6.63. The molecule has 29 heavy (non-hydrogen) atoms. The van der Waals surface area contributed by atoms with Gasteiger partial charge in [-0.05, 0) is 75.6 Å². The third kappa shape index (κ3) is 4.80. The number of ether oxygens (including phenoxy) is 1. The molecule has 2 aromatic rings. The predicted molar refractivity (Wildman–Crippen MR) is 115 cm³/mol. The van der Waals surface area contributed by atoms with Crippen molar-refractivity contribution in [3.8, 4) is 17.1 Å². The van der Waals surface area contributed by atoms with Crippen LogP contribution >= 0.6 is 0 Å². The normalized spacial score (nSPS) is 20.0. The second-order valence-electron chi connectivity index (χ2n) is 10.4. The first-order valence-electron chi connectivity index (χ1n) is 10.9. The van der Waals surface area contributed by atoms with Crippen LogP contribution in [0.1, 0.15) is 58.6 Å². The van der Waals surface area contributed by atoms with Gasteiger partial charge in [-0.2, -0.15) is 5.10 Å². The van der Waals surface area contributed by atoms with Crippen LogP contribution in [-0.2, 0) is 7.05 Å². The fraction of sp³-hybridized carbons (Fsp3) is 0.696. The SMILES string of the molecule is Cc1nn(C)cc1-c1ccc(OC2CC3(CCN(CCC(C)(C)C)CC3)C2)nn1. The quantitative estimate of drug-likeness (QED) is 0.755. The Labute approximate surface area is 174 Å². The average molecular weight is 398 g/mol. The van der Waals surface area contributed by atoms with Crippen molar-refractivity contribution in [2.45, 2.75) is 65.9 Å². The molecule has 0 radical (unpaired) electrons. The number of aryl methyl sites for hydroxylation is 2. The van der Waals surface area contributed by atoms with Gasteiger partial charge in [-0.25, -0.2) is 0 Å². The Morgan fingerprint density at radius 3 is 2.41 bits per heavy atom. The second kappa shape index (κ2) is 7.71. The maximum Gasteiger partial charge on any atom is 0.233 e. The number of hydrogen-bond donors (Lipinski definition) is 0. The molecule has 1 spiro atoms. The van der Waals surface area contributed by atoms with E-state index >= 15 is 0 Å². The summed E-state index contributed by atoms with van der Waals surface area (Å²) in [6.07, 6.45) is 8.47. The van der Waals surface area contributed by atoms with E-state index in [1.165, 1.54) is 38.9 Å². The highest BCUT2D eigenvalue weighted by molar-refractivity contribution is 5.60. The van der Waals surface area contributed by atoms with Crippen LogP contribution in [0.3, 0.4) is 0 Å². The number of likely N-dealkylation sites (tertiary alicyclic amines) is 1. The fourth-order valence-corrected chi connectivity index (χ4v) is 4.69. The minimum atomic E-state index is 0.288. The summed E-state index contributed by atoms with van der Waals surface area (Å²) in [5, 5.41) is 13.0. The van der Waals surface area contributed by atoms with E-state index in [9.17, 15) is 0 Å². The molecule has 0 unspecified atom stereocenters. The molecule has 2 aliphatic rings. The van der Waals surface area contributed by atoms with Gasteiger partial charge in [0.2, 0.25) is 5.88 Å². The van der Waals surface area contributed by atoms with Gasteiger partial charge in [-0.15, -0.1) is 10.2 Å². The fourth-order valence-electron chi connectivity index (χ4n) is 4.69. The van der Waals surface area contributed by atoms with Gasteiger partial charge in [-0.1, -0.05) is 20.8 Å². The summed E-state index contributed by atoms with van der Waals surface area (Å²) in [5.41, 5.74) is 3.76. The van der Waals surface area contributed by atoms with E-state index < -0.39 is 0 Å². The topological polar surface area (TPSA) is 56.1 Å². The van der Waals surface area contributed by atoms with E-state index in [-0.39, 0.29) is 6.10 Å². The Morgan fingerprint density at radius 2 is 1.86 bits per heavy atom. The summed E-state index contributed by atoms with van der Waals surface area (Å²) < 4.78 is 7.92. The van der Waals surface area contributed by atoms with Gasteiger partial charge in [0.05, 0.1) is 11.4 Å². The van der Waals surface area contributed by atoms with E-state index in [1.807, 2.05) is 32.3 Å². The van der Waals surface area contributed by atoms with Gasteiger partial charge in [-0.3, -0.25) is 4.68 Å². The maximum atomic E-state index is 6.12. The zero-order valence-electron chi connectivity index (χ0n) is 18.6. The van der Waals surface area contributed by atoms with Gasteiger partial charge >= 0.3 is 0 Å². The first kappa shape index (κ1) is 20.3. The lowest BCUT2D eigenvalue weighted by atomic mass is 9.61. The van der Waals surface area contributed by atoms with Crippen LogP contribution in [0.15, 0.2) is 18.3 Å². The zero-order chi connectivity index (χ0) is 20.6. The highest BCUT2D eigenvalue weighted by atomic mass is 16.5. The lowest BCUT2D eigenvalue weighted by Crippen LogP contribution is -2.51. The molecule has 1 aliphatic carbocycles. The molecule has 1 aliphatic heterocycles. The van der Waals surface area contributed by atoms with Crippen LogP contribution in [0.4, 0.5) is 0 Å². The molecule has 6 heteroatoms. The molecule has 158 valence electrons. The molecule has 1 saturated heterocycles. The largest absolute Gasteiger partial charge is 0.473 e. The van der Waals surface area contributed by atoms with E-state index in [0.29, 0.717) is 16.7 Å². The standard InChI is InChI=1S/C23H35N5O/c1-17-19(16-27(5)26-17)20-6-7-21(25-24-20)29-18-14-23(15-18)9-12-28(13-10-23)11-8-22(2,3)4/h6-7,16,18H,8-15H2,1-5H3. The molecule has 4 rings (SSSR count). The Balaban J connectivity index is 1.24. The van der Waals surface area contributed by atoms with Crippen molar-refractivity contribution in [1.82, 2.24) is 24.9 Å². The monoisotopic (exact) mass is 397 g/mol. The van der Waals surface area contributed by atoms with E-state index in [0.717, 1.165) is 29.8 Å². The summed E-state index contributed by atoms with van der Waals surface area (Å²) in [7, 11) is 1.92. The highest BCUT2D eigenvalue weighted by Gasteiger charge is 2.47. The van der Waals surface area contributed by atoms with Crippen molar-refractivity contribution >= 4 is 0 Å². The molecule has 0 bridgehead atoms. The molecule has 2 fully saturated rings. The summed E-state index contributed by atoms with van der Waals surface area (Å²) in [5.74, 6) is 0.637. The summed E-state index contributed by atoms with van der Waals surface area (Å²) in [6.45, 7) is 12.7. The lowest BCUT2D eigenvalue weighted by molar-refractivity contribution is -0.0579. The molecule has 0 atom stereocenters. The van der Waals surface area contributed by atoms with Gasteiger partial charge in [0.25, 0.3) is 0 Å². The van der Waals surface area contributed by atoms with Crippen molar-refractivity contribution in [2.24, 2.45) is 17.9 Å². The predicted octanol–water partition coefficient (Wildman–Crippen LogP) is 4.25. The average Bonchev–Trinajstić information content (AvgIpc) is 2.98. The summed E-state index contributed by atoms with van der Waals surface area (Å²) in [4.78, 5) is 2.65. The van der Waals surface area contributed by atoms with Gasteiger partial charge < -0.3 is 9.64 Å². The molecule has 0 aromatic carbocycles. The summed E-state index contributed by atoms with van der Waals surface area (Å²) >= 11 is 0. The summed E-state index contributed by atoms with van der Waals surface area (Å²) in [6, 6.07) is 3.92. The number of aromatic nitrogens is 4. The van der Waals surface area contributed by atoms with Crippen LogP contribution in [0.5, 0.6) is 5.88 Å². The highest BCUT2D eigenvalue weighted by Crippen LogP contribution is 2.50. The van der Waals surface area contributed by atoms with Crippen LogP contribution in [-0.4, -0.2) is 50.6 Å². The van der Waals surface area contributed by atoms with Gasteiger partial charge in [0.1, 0.15) is 6.10 Å². The molecule has 3 heterocycles. The number of piperidine rings is 1. The van der Waals surface area contributed by atoms with Crippen molar-refractivity contribution in [1.29, 1.82) is 0 Å². The first-order chi connectivity index (χ1) is 13.7. The van der Waals surface area contributed by atoms with Crippen LogP contribution < -0.4 is 4.74 Å². The van der Waals surface area contributed by atoms with Gasteiger partial charge in [0, 0.05) is 24.9 Å². The first-order valence-corrected chi connectivity index (χ1v) is 10.9. The molecular weight excluding hydrogens is 362 g/mol. The maximum absolute atomic E-state index is 6.12. The Bertz CT molecular complexity index is 820. The number of rotatable bonds is 5. The second-order valence-corrected chi connectivity index (χ2v) is 10.4. The van der Waals surface area contributed by atoms with Crippen molar-refractivity contribution in [3.05, 3.63) is 24.0 Å². The third-order valence-electron chi connectivity index (χ3n) is 6.63. The molecular formula is C23H35N5O. The van der Waals surface area contributed by atoms with Crippen LogP contribution in [0.2, 0.25) is 0 Å². The molecule has 0 N–H and O–H groups in total. The molecule has 6 nitrogen and oxygen atoms in total. The lowest BCUT2D eigenvalue weighted by Gasteiger charge is -2.51. The molecule has 0 amide bonds. The Hall–Kier alpha value is -1.95. The van der Waals surface area contributed by atoms with Crippen molar-refractivity contribution in [2.75, 3.05) is 19.6 Å².